The van der Waals surface area contributed by atoms with Crippen LogP contribution < -0.4 is 27.4 Å². The molecule has 194 valence electrons. The minimum Gasteiger partial charge on any atom is -0.508 e. The third kappa shape index (κ3) is 9.59. The highest BCUT2D eigenvalue weighted by Gasteiger charge is 2.33. The predicted molar refractivity (Wildman–Crippen MR) is 124 cm³/mol. The van der Waals surface area contributed by atoms with E-state index in [2.05, 4.69) is 16.0 Å². The molecule has 0 saturated carbocycles. The highest BCUT2D eigenvalue weighted by Crippen LogP contribution is 2.12. The molecule has 10 N–H and O–H groups in total. The molecule has 0 spiro atoms. The van der Waals surface area contributed by atoms with E-state index in [9.17, 15) is 39.3 Å². The Balaban J connectivity index is 3.11. The summed E-state index contributed by atoms with van der Waals surface area (Å²) in [6.07, 6.45) is -2.21. The lowest BCUT2D eigenvalue weighted by Crippen LogP contribution is -2.60. The van der Waals surface area contributed by atoms with Crippen molar-refractivity contribution in [2.24, 2.45) is 17.4 Å². The molecule has 4 amide bonds. The van der Waals surface area contributed by atoms with Crippen molar-refractivity contribution in [1.29, 1.82) is 0 Å². The maximum Gasteiger partial charge on any atom is 0.326 e. The normalized spacial score (nSPS) is 15.3. The maximum absolute atomic E-state index is 13.1. The lowest BCUT2D eigenvalue weighted by atomic mass is 10.0. The maximum atomic E-state index is 13.1. The van der Waals surface area contributed by atoms with Gasteiger partial charge < -0.3 is 42.7 Å². The number of rotatable bonds is 13. The molecule has 13 heteroatoms. The van der Waals surface area contributed by atoms with Gasteiger partial charge in [0.1, 0.15) is 23.9 Å². The second-order valence-electron chi connectivity index (χ2n) is 8.50. The Hall–Kier alpha value is -3.71. The Bertz CT molecular complexity index is 919. The first kappa shape index (κ1) is 29.3. The zero-order valence-electron chi connectivity index (χ0n) is 19.7. The first-order valence-corrected chi connectivity index (χ1v) is 10.9. The number of carbonyl (C=O) groups excluding carboxylic acids is 4. The minimum atomic E-state index is -1.67. The van der Waals surface area contributed by atoms with Crippen LogP contribution in [-0.4, -0.2) is 75.2 Å². The fourth-order valence-electron chi connectivity index (χ4n) is 2.97. The minimum absolute atomic E-state index is 0.00426. The Morgan fingerprint density at radius 3 is 1.89 bits per heavy atom. The first-order chi connectivity index (χ1) is 16.2. The molecule has 5 atom stereocenters. The average Bonchev–Trinajstić information content (AvgIpc) is 2.76. The van der Waals surface area contributed by atoms with Gasteiger partial charge in [-0.3, -0.25) is 19.2 Å². The number of aliphatic hydroxyl groups is 1. The summed E-state index contributed by atoms with van der Waals surface area (Å²) in [6, 6.07) is 0.406. The topological polar surface area (TPSA) is 234 Å². The average molecular weight is 496 g/mol. The van der Waals surface area contributed by atoms with Crippen molar-refractivity contribution < 1.29 is 39.3 Å². The summed E-state index contributed by atoms with van der Waals surface area (Å²) in [5, 5.41) is 35.6. The number of aliphatic hydroxyl groups excluding tert-OH is 1. The van der Waals surface area contributed by atoms with Crippen molar-refractivity contribution in [3.05, 3.63) is 29.8 Å². The van der Waals surface area contributed by atoms with Crippen molar-refractivity contribution in [2.75, 3.05) is 0 Å². The van der Waals surface area contributed by atoms with E-state index in [1.807, 2.05) is 0 Å². The summed E-state index contributed by atoms with van der Waals surface area (Å²) in [5.41, 5.74) is 11.4. The molecule has 1 aromatic carbocycles. The van der Waals surface area contributed by atoms with Crippen LogP contribution in [0.2, 0.25) is 0 Å². The number of hydrogen-bond acceptors (Lipinski definition) is 8. The molecule has 35 heavy (non-hydrogen) atoms. The number of aliphatic carboxylic acids is 1. The van der Waals surface area contributed by atoms with Gasteiger partial charge in [0.15, 0.2) is 0 Å². The number of aromatic hydroxyl groups is 1. The van der Waals surface area contributed by atoms with Crippen LogP contribution in [0.1, 0.15) is 32.8 Å². The Morgan fingerprint density at radius 2 is 1.43 bits per heavy atom. The van der Waals surface area contributed by atoms with E-state index in [-0.39, 0.29) is 18.1 Å². The Morgan fingerprint density at radius 1 is 0.886 bits per heavy atom. The molecule has 0 aliphatic rings. The monoisotopic (exact) mass is 495 g/mol. The van der Waals surface area contributed by atoms with E-state index < -0.39 is 66.3 Å². The highest BCUT2D eigenvalue weighted by atomic mass is 16.4. The van der Waals surface area contributed by atoms with Crippen molar-refractivity contribution >= 4 is 29.6 Å². The standard InChI is InChI=1S/C22H33N5O8/c1-10(2)17(24)20(32)25-14(8-12-4-6-13(29)7-5-12)19(31)27-18(11(3)28)21(33)26-15(22(34)35)9-16(23)30/h4-7,10-11,14-15,17-18,28-29H,8-9,24H2,1-3H3,(H2,23,30)(H,25,32)(H,26,33)(H,27,31)(H,34,35). The quantitative estimate of drug-likeness (QED) is 0.147. The van der Waals surface area contributed by atoms with E-state index in [0.717, 1.165) is 0 Å². The number of phenolic OH excluding ortho intramolecular Hbond substituents is 1. The fraction of sp³-hybridized carbons (Fsp3) is 0.500. The Labute approximate surface area is 202 Å². The number of carbonyl (C=O) groups is 5. The van der Waals surface area contributed by atoms with Gasteiger partial charge >= 0.3 is 5.97 Å². The van der Waals surface area contributed by atoms with E-state index in [1.165, 1.54) is 31.2 Å². The van der Waals surface area contributed by atoms with Gasteiger partial charge in [-0.15, -0.1) is 0 Å². The predicted octanol–water partition coefficient (Wildman–Crippen LogP) is -2.29. The van der Waals surface area contributed by atoms with Gasteiger partial charge in [-0.25, -0.2) is 4.79 Å². The molecule has 0 fully saturated rings. The summed E-state index contributed by atoms with van der Waals surface area (Å²) in [5.74, 6) is -5.30. The van der Waals surface area contributed by atoms with E-state index in [4.69, 9.17) is 11.5 Å². The van der Waals surface area contributed by atoms with Crippen LogP contribution in [-0.2, 0) is 30.4 Å². The molecule has 0 bridgehead atoms. The molecule has 0 saturated heterocycles. The number of hydrogen-bond donors (Lipinski definition) is 8. The number of carboxylic acid groups (broad SMARTS) is 1. The molecule has 0 heterocycles. The second kappa shape index (κ2) is 13.2. The molecule has 13 nitrogen and oxygen atoms in total. The van der Waals surface area contributed by atoms with Crippen LogP contribution in [0.3, 0.4) is 0 Å². The zero-order valence-corrected chi connectivity index (χ0v) is 19.7. The smallest absolute Gasteiger partial charge is 0.326 e. The zero-order chi connectivity index (χ0) is 26.9. The molecule has 0 aliphatic heterocycles. The number of amides is 4. The third-order valence-corrected chi connectivity index (χ3v) is 5.11. The van der Waals surface area contributed by atoms with Gasteiger partial charge in [-0.05, 0) is 30.5 Å². The molecule has 0 radical (unpaired) electrons. The number of carboxylic acids is 1. The first-order valence-electron chi connectivity index (χ1n) is 10.9. The summed E-state index contributed by atoms with van der Waals surface area (Å²) < 4.78 is 0. The summed E-state index contributed by atoms with van der Waals surface area (Å²) in [4.78, 5) is 60.6. The number of benzene rings is 1. The molecule has 1 rings (SSSR count). The number of primary amides is 1. The van der Waals surface area contributed by atoms with Gasteiger partial charge in [-0.2, -0.15) is 0 Å². The summed E-state index contributed by atoms with van der Waals surface area (Å²) in [6.45, 7) is 4.63. The second-order valence-corrected chi connectivity index (χ2v) is 8.50. The van der Waals surface area contributed by atoms with Gasteiger partial charge in [0.25, 0.3) is 0 Å². The lowest BCUT2D eigenvalue weighted by Gasteiger charge is -2.27. The van der Waals surface area contributed by atoms with Crippen molar-refractivity contribution in [3.63, 3.8) is 0 Å². The summed E-state index contributed by atoms with van der Waals surface area (Å²) >= 11 is 0. The molecule has 0 aliphatic carbocycles. The van der Waals surface area contributed by atoms with E-state index >= 15 is 0 Å². The van der Waals surface area contributed by atoms with Crippen LogP contribution in [0.25, 0.3) is 0 Å². The van der Waals surface area contributed by atoms with Gasteiger partial charge in [0, 0.05) is 6.42 Å². The molecular formula is C22H33N5O8. The van der Waals surface area contributed by atoms with Gasteiger partial charge in [0.05, 0.1) is 18.6 Å². The van der Waals surface area contributed by atoms with Crippen molar-refractivity contribution in [3.8, 4) is 5.75 Å². The van der Waals surface area contributed by atoms with Crippen molar-refractivity contribution in [1.82, 2.24) is 16.0 Å². The number of nitrogens with one attached hydrogen (secondary N) is 3. The largest absolute Gasteiger partial charge is 0.508 e. The molecule has 1 aromatic rings. The van der Waals surface area contributed by atoms with Gasteiger partial charge in [0.2, 0.25) is 23.6 Å². The fourth-order valence-corrected chi connectivity index (χ4v) is 2.97. The number of phenols is 1. The number of nitrogens with two attached hydrogens (primary N) is 2. The lowest BCUT2D eigenvalue weighted by molar-refractivity contribution is -0.144. The van der Waals surface area contributed by atoms with Crippen LogP contribution in [0.15, 0.2) is 24.3 Å². The van der Waals surface area contributed by atoms with Crippen LogP contribution in [0, 0.1) is 5.92 Å². The third-order valence-electron chi connectivity index (χ3n) is 5.11. The molecule has 0 aromatic heterocycles. The van der Waals surface area contributed by atoms with Crippen LogP contribution in [0.5, 0.6) is 5.75 Å². The highest BCUT2D eigenvalue weighted by molar-refractivity contribution is 5.95. The van der Waals surface area contributed by atoms with E-state index in [1.54, 1.807) is 13.8 Å². The van der Waals surface area contributed by atoms with Gasteiger partial charge in [-0.1, -0.05) is 26.0 Å². The van der Waals surface area contributed by atoms with Crippen LogP contribution >= 0.6 is 0 Å². The van der Waals surface area contributed by atoms with Crippen LogP contribution in [0.4, 0.5) is 0 Å². The SMILES string of the molecule is CC(C)C(N)C(=O)NC(Cc1ccc(O)cc1)C(=O)NC(C(=O)NC(CC(N)=O)C(=O)O)C(C)O. The van der Waals surface area contributed by atoms with Crippen molar-refractivity contribution in [2.45, 2.75) is 63.9 Å². The summed E-state index contributed by atoms with van der Waals surface area (Å²) in [7, 11) is 0. The molecule has 5 unspecified atom stereocenters. The van der Waals surface area contributed by atoms with E-state index in [0.29, 0.717) is 5.56 Å². The molecular weight excluding hydrogens is 462 g/mol. The Kier molecular flexibility index (Phi) is 11.1.